The van der Waals surface area contributed by atoms with Crippen molar-refractivity contribution in [1.82, 2.24) is 40.2 Å². The number of ether oxygens (including phenoxy) is 5. The van der Waals surface area contributed by atoms with Crippen LogP contribution in [0.2, 0.25) is 0 Å². The number of methoxy groups -OCH3 is 1. The highest BCUT2D eigenvalue weighted by molar-refractivity contribution is 7.10. The van der Waals surface area contributed by atoms with Crippen LogP contribution in [0.25, 0.3) is 33.4 Å². The number of benzene rings is 1. The van der Waals surface area contributed by atoms with Crippen LogP contribution in [0, 0.1) is 23.2 Å². The van der Waals surface area contributed by atoms with Crippen molar-refractivity contribution in [3.05, 3.63) is 82.2 Å². The van der Waals surface area contributed by atoms with E-state index in [1.54, 1.807) is 13.3 Å². The second-order valence-electron chi connectivity index (χ2n) is 23.6. The number of fused-ring (bicyclic) bond motifs is 4. The van der Waals surface area contributed by atoms with Crippen molar-refractivity contribution < 1.29 is 38.1 Å². The quantitative estimate of drug-likeness (QED) is 0.104. The van der Waals surface area contributed by atoms with Crippen LogP contribution in [0.5, 0.6) is 0 Å². The molecule has 5 aromatic rings. The van der Waals surface area contributed by atoms with Gasteiger partial charge in [-0.2, -0.15) is 0 Å². The second-order valence-corrected chi connectivity index (χ2v) is 24.5. The summed E-state index contributed by atoms with van der Waals surface area (Å²) >= 11 is 1.41. The van der Waals surface area contributed by atoms with Crippen molar-refractivity contribution in [2.24, 2.45) is 23.2 Å². The molecule has 9 heterocycles. The normalized spacial score (nSPS) is 28.2. The number of hydrogen-bond donors (Lipinski definition) is 2. The highest BCUT2D eigenvalue weighted by Crippen LogP contribution is 2.53. The number of rotatable bonds is 14. The molecule has 13 rings (SSSR count). The Morgan fingerprint density at radius 2 is 1.82 bits per heavy atom. The Labute approximate surface area is 455 Å². The van der Waals surface area contributed by atoms with E-state index in [4.69, 9.17) is 33.7 Å². The van der Waals surface area contributed by atoms with Crippen LogP contribution in [-0.4, -0.2) is 144 Å². The van der Waals surface area contributed by atoms with Crippen LogP contribution in [-0.2, 0) is 51.0 Å². The Balaban J connectivity index is 0.981. The number of anilines is 1. The Morgan fingerprint density at radius 3 is 2.56 bits per heavy atom. The number of nitrogens with one attached hydrogen (secondary N) is 2. The zero-order chi connectivity index (χ0) is 53.2. The Bertz CT molecular complexity index is 2980. The molecule has 2 N–H and O–H groups in total. The number of carbonyl (C=O) groups excluding carboxylic acids is 3. The van der Waals surface area contributed by atoms with Crippen molar-refractivity contribution in [1.29, 1.82) is 0 Å². The van der Waals surface area contributed by atoms with Crippen molar-refractivity contribution in [2.75, 3.05) is 77.8 Å². The van der Waals surface area contributed by atoms with E-state index in [-0.39, 0.29) is 66.9 Å². The van der Waals surface area contributed by atoms with Gasteiger partial charge in [0.2, 0.25) is 5.91 Å². The lowest BCUT2D eigenvalue weighted by atomic mass is 9.66. The van der Waals surface area contributed by atoms with E-state index in [2.05, 4.69) is 75.1 Å². The summed E-state index contributed by atoms with van der Waals surface area (Å²) in [6.45, 7) is 17.5. The van der Waals surface area contributed by atoms with Crippen molar-refractivity contribution in [3.8, 4) is 22.5 Å². The number of thiazole rings is 1. The lowest BCUT2D eigenvalue weighted by Crippen LogP contribution is -2.75. The highest BCUT2D eigenvalue weighted by Gasteiger charge is 2.59. The van der Waals surface area contributed by atoms with Gasteiger partial charge in [0.05, 0.1) is 54.4 Å². The predicted octanol–water partition coefficient (Wildman–Crippen LogP) is 7.64. The summed E-state index contributed by atoms with van der Waals surface area (Å²) in [6, 6.07) is 14.2. The number of amides is 2. The van der Waals surface area contributed by atoms with Gasteiger partial charge in [0.15, 0.2) is 0 Å². The summed E-state index contributed by atoms with van der Waals surface area (Å²) in [5.74, 6) is -1.38. The molecule has 1 aromatic carbocycles. The van der Waals surface area contributed by atoms with Crippen LogP contribution in [0.4, 0.5) is 5.69 Å². The molecule has 7 fully saturated rings. The molecule has 1 spiro atoms. The zero-order valence-electron chi connectivity index (χ0n) is 45.5. The number of pyridine rings is 2. The number of carbonyl (C=O) groups is 3. The molecule has 4 aromatic heterocycles. The molecule has 6 atom stereocenters. The maximum absolute atomic E-state index is 15.2. The first-order chi connectivity index (χ1) is 37.3. The molecule has 0 radical (unpaired) electrons. The monoisotopic (exact) mass is 1070 g/mol. The minimum Gasteiger partial charge on any atom is -0.464 e. The number of hydrazine groups is 1. The summed E-state index contributed by atoms with van der Waals surface area (Å²) in [6.07, 6.45) is 8.58. The van der Waals surface area contributed by atoms with Crippen molar-refractivity contribution in [2.45, 2.75) is 128 Å². The Hall–Kier alpha value is -5.34. The first-order valence-corrected chi connectivity index (χ1v) is 29.1. The van der Waals surface area contributed by atoms with Crippen LogP contribution < -0.4 is 15.6 Å². The average Bonchev–Trinajstić information content (AvgIpc) is 4.36. The molecule has 8 aliphatic rings. The smallest absolute Gasteiger partial charge is 0.328 e. The van der Waals surface area contributed by atoms with Crippen molar-refractivity contribution in [3.63, 3.8) is 0 Å². The van der Waals surface area contributed by atoms with Gasteiger partial charge in [-0.25, -0.2) is 15.2 Å². The molecule has 18 heteroatoms. The number of hydrogen-bond acceptors (Lipinski definition) is 15. The van der Waals surface area contributed by atoms with Gasteiger partial charge in [-0.05, 0) is 107 Å². The Kier molecular flexibility index (Phi) is 14.5. The first kappa shape index (κ1) is 52.4. The van der Waals surface area contributed by atoms with Gasteiger partial charge in [0, 0.05) is 129 Å². The molecule has 2 amide bonds. The zero-order valence-corrected chi connectivity index (χ0v) is 46.3. The largest absolute Gasteiger partial charge is 0.464 e. The van der Waals surface area contributed by atoms with E-state index in [9.17, 15) is 9.59 Å². The molecular weight excluding hydrogens is 995 g/mol. The summed E-state index contributed by atoms with van der Waals surface area (Å²) in [5.41, 5.74) is 10.3. The van der Waals surface area contributed by atoms with Gasteiger partial charge in [0.1, 0.15) is 22.7 Å². The maximum Gasteiger partial charge on any atom is 0.328 e. The van der Waals surface area contributed by atoms with E-state index >= 15 is 4.79 Å². The van der Waals surface area contributed by atoms with Gasteiger partial charge in [0.25, 0.3) is 5.91 Å². The molecule has 17 nitrogen and oxygen atoms in total. The molecule has 0 unspecified atom stereocenters. The lowest BCUT2D eigenvalue weighted by molar-refractivity contribution is -0.181. The highest BCUT2D eigenvalue weighted by atomic mass is 32.1. The molecule has 3 saturated carbocycles. The number of cyclic esters (lactones) is 1. The maximum atomic E-state index is 15.2. The van der Waals surface area contributed by atoms with Crippen LogP contribution in [0.1, 0.15) is 113 Å². The van der Waals surface area contributed by atoms with Gasteiger partial charge in [-0.3, -0.25) is 29.5 Å². The molecule has 3 aliphatic carbocycles. The second kappa shape index (κ2) is 21.4. The molecule has 4 saturated heterocycles. The minimum absolute atomic E-state index is 0.0249. The molecule has 410 valence electrons. The van der Waals surface area contributed by atoms with E-state index in [1.165, 1.54) is 29.2 Å². The third kappa shape index (κ3) is 10.3. The average molecular weight is 1070 g/mol. The lowest BCUT2D eigenvalue weighted by Gasteiger charge is -2.55. The molecule has 5 aliphatic heterocycles. The molecule has 7 bridgehead atoms. The van der Waals surface area contributed by atoms with Crippen molar-refractivity contribution >= 4 is 45.7 Å². The summed E-state index contributed by atoms with van der Waals surface area (Å²) in [7, 11) is 1.74. The van der Waals surface area contributed by atoms with Crippen LogP contribution >= 0.6 is 11.3 Å². The fraction of sp³-hybridized carbons (Fsp3) is 0.593. The summed E-state index contributed by atoms with van der Waals surface area (Å²) in [5, 5.41) is 8.35. The van der Waals surface area contributed by atoms with E-state index in [0.717, 1.165) is 101 Å². The third-order valence-corrected chi connectivity index (χ3v) is 18.5. The molecular formula is C59H75N9O8S. The van der Waals surface area contributed by atoms with E-state index < -0.39 is 23.1 Å². The minimum atomic E-state index is -1.15. The number of aromatic nitrogens is 4. The standard InChI is InChI=1S/C59H75N9O8S/c1-7-74-53-51(63-54(69)49-35(2)48(49)45-10-8-9-17-60-45)56(70)68-32-37-28-59(29-37,64-68)57(71)76-34-58(4,5)30-44-42-26-38(46-33-77-55(53)62-46)11-14-47(42)67(22-25-75-41-15-23-73-24-16-41)52(44)43-27-40(31-61-50(43)36(3)72-6)66-20-18-65(19-21-66)39-12-13-39/h8-11,14,17,26-27,31,33,35-37,39,41,48-49,51,53,64H,7,12-13,15-16,18-25,28-30,32,34H2,1-6H3,(H,63,69)/t35-,36-,37?,48-,49+,51-,53-,59?/m0/s1. The fourth-order valence-electron chi connectivity index (χ4n) is 13.1. The van der Waals surface area contributed by atoms with Crippen LogP contribution in [0.3, 0.4) is 0 Å². The first-order valence-electron chi connectivity index (χ1n) is 28.2. The van der Waals surface area contributed by atoms with E-state index in [1.807, 2.05) is 43.6 Å². The fourth-order valence-corrected chi connectivity index (χ4v) is 14.0. The van der Waals surface area contributed by atoms with Crippen LogP contribution in [0.15, 0.2) is 60.2 Å². The summed E-state index contributed by atoms with van der Waals surface area (Å²) < 4.78 is 33.9. The summed E-state index contributed by atoms with van der Waals surface area (Å²) in [4.78, 5) is 64.6. The number of piperazine rings is 1. The predicted molar refractivity (Wildman–Crippen MR) is 293 cm³/mol. The SMILES string of the molecule is CCO[C@@H]1c2nc(cs2)-c2ccc3c(c2)c(c(-c2cc(N4CCN(C5CC5)CC4)cnc2[C@H](C)OC)n3CCOC2CCOCC2)CC(C)(C)COC(=O)C23CC(CN(N2)C(=O)[C@H]1NC(=O)[C@@H]1[C@@H](C)[C@H]1c1ccccn1)C3. The van der Waals surface area contributed by atoms with E-state index in [0.29, 0.717) is 57.2 Å². The number of esters is 1. The van der Waals surface area contributed by atoms with Gasteiger partial charge < -0.3 is 38.5 Å². The van der Waals surface area contributed by atoms with Gasteiger partial charge >= 0.3 is 5.97 Å². The Morgan fingerprint density at radius 1 is 1.01 bits per heavy atom. The molecule has 77 heavy (non-hydrogen) atoms. The van der Waals surface area contributed by atoms with Gasteiger partial charge in [-0.1, -0.05) is 32.9 Å². The topological polar surface area (TPSA) is 175 Å². The third-order valence-electron chi connectivity index (χ3n) is 17.6. The number of nitrogens with zero attached hydrogens (tertiary/aromatic N) is 7. The van der Waals surface area contributed by atoms with Gasteiger partial charge in [-0.15, -0.1) is 11.3 Å².